The van der Waals surface area contributed by atoms with Crippen LogP contribution in [0, 0.1) is 5.92 Å². The van der Waals surface area contributed by atoms with Gasteiger partial charge in [-0.3, -0.25) is 4.79 Å². The summed E-state index contributed by atoms with van der Waals surface area (Å²) in [6, 6.07) is 7.35. The third kappa shape index (κ3) is 4.27. The van der Waals surface area contributed by atoms with Gasteiger partial charge in [-0.25, -0.2) is 12.7 Å². The molecule has 1 heterocycles. The first kappa shape index (κ1) is 18.7. The zero-order chi connectivity index (χ0) is 17.7. The van der Waals surface area contributed by atoms with Crippen LogP contribution >= 0.6 is 0 Å². The van der Waals surface area contributed by atoms with E-state index in [9.17, 15) is 13.2 Å². The molecule has 0 aromatic heterocycles. The van der Waals surface area contributed by atoms with Gasteiger partial charge in [0.15, 0.2) is 0 Å². The molecule has 134 valence electrons. The molecule has 1 amide bonds. The van der Waals surface area contributed by atoms with Gasteiger partial charge in [0.05, 0.1) is 24.8 Å². The van der Waals surface area contributed by atoms with Gasteiger partial charge >= 0.3 is 0 Å². The molecule has 1 aliphatic rings. The highest BCUT2D eigenvalue weighted by Gasteiger charge is 2.32. The summed E-state index contributed by atoms with van der Waals surface area (Å²) in [7, 11) is -1.65. The average molecular weight is 354 g/mol. The first-order chi connectivity index (χ1) is 11.4. The van der Waals surface area contributed by atoms with Gasteiger partial charge in [-0.15, -0.1) is 0 Å². The van der Waals surface area contributed by atoms with Crippen LogP contribution in [0.15, 0.2) is 24.3 Å². The molecule has 0 saturated carbocycles. The van der Waals surface area contributed by atoms with E-state index in [1.54, 1.807) is 14.0 Å². The largest absolute Gasteiger partial charge is 0.496 e. The molecule has 1 saturated heterocycles. The van der Waals surface area contributed by atoms with Gasteiger partial charge in [0.1, 0.15) is 5.75 Å². The number of benzene rings is 1. The summed E-state index contributed by atoms with van der Waals surface area (Å²) in [6.45, 7) is 4.30. The number of para-hydroxylation sites is 1. The Morgan fingerprint density at radius 1 is 1.42 bits per heavy atom. The van der Waals surface area contributed by atoms with Gasteiger partial charge in [-0.05, 0) is 32.8 Å². The maximum Gasteiger partial charge on any atom is 0.224 e. The fourth-order valence-electron chi connectivity index (χ4n) is 3.02. The van der Waals surface area contributed by atoms with Gasteiger partial charge in [-0.1, -0.05) is 18.2 Å². The number of nitrogens with one attached hydrogen (secondary N) is 1. The fraction of sp³-hybridized carbons (Fsp3) is 0.588. The fourth-order valence-corrected chi connectivity index (χ4v) is 4.20. The van der Waals surface area contributed by atoms with Crippen LogP contribution in [-0.4, -0.2) is 44.6 Å². The highest BCUT2D eigenvalue weighted by Crippen LogP contribution is 2.26. The Balaban J connectivity index is 2.04. The van der Waals surface area contributed by atoms with Crippen molar-refractivity contribution in [2.75, 3.05) is 26.0 Å². The second-order valence-electron chi connectivity index (χ2n) is 6.07. The van der Waals surface area contributed by atoms with Crippen molar-refractivity contribution in [2.45, 2.75) is 32.7 Å². The third-order valence-electron chi connectivity index (χ3n) is 4.48. The smallest absolute Gasteiger partial charge is 0.224 e. The first-order valence-electron chi connectivity index (χ1n) is 8.30. The van der Waals surface area contributed by atoms with Crippen LogP contribution in [0.2, 0.25) is 0 Å². The molecule has 1 N–H and O–H groups in total. The summed E-state index contributed by atoms with van der Waals surface area (Å²) >= 11 is 0. The van der Waals surface area contributed by atoms with E-state index >= 15 is 0 Å². The maximum atomic E-state index is 12.6. The number of nitrogens with zero attached hydrogens (tertiary/aromatic N) is 1. The lowest BCUT2D eigenvalue weighted by Gasteiger charge is -2.31. The van der Waals surface area contributed by atoms with Gasteiger partial charge in [0.2, 0.25) is 15.9 Å². The minimum atomic E-state index is -3.25. The Kier molecular flexibility index (Phi) is 6.23. The first-order valence-corrected chi connectivity index (χ1v) is 9.91. The van der Waals surface area contributed by atoms with Gasteiger partial charge in [-0.2, -0.15) is 0 Å². The zero-order valence-corrected chi connectivity index (χ0v) is 15.3. The van der Waals surface area contributed by atoms with E-state index < -0.39 is 10.0 Å². The molecule has 0 radical (unpaired) electrons. The van der Waals surface area contributed by atoms with Crippen LogP contribution in [0.1, 0.15) is 38.3 Å². The van der Waals surface area contributed by atoms with Crippen LogP contribution in [0.3, 0.4) is 0 Å². The van der Waals surface area contributed by atoms with Crippen LogP contribution in [0.5, 0.6) is 5.75 Å². The topological polar surface area (TPSA) is 75.7 Å². The predicted octanol–water partition coefficient (Wildman–Crippen LogP) is 1.93. The van der Waals surface area contributed by atoms with Crippen molar-refractivity contribution in [3.05, 3.63) is 29.8 Å². The Morgan fingerprint density at radius 3 is 2.79 bits per heavy atom. The lowest BCUT2D eigenvalue weighted by atomic mass is 9.97. The van der Waals surface area contributed by atoms with Crippen LogP contribution < -0.4 is 10.1 Å². The molecular weight excluding hydrogens is 328 g/mol. The molecule has 24 heavy (non-hydrogen) atoms. The minimum absolute atomic E-state index is 0.0684. The van der Waals surface area contributed by atoms with E-state index in [4.69, 9.17) is 4.74 Å². The number of amides is 1. The molecule has 0 bridgehead atoms. The number of sulfonamides is 1. The lowest BCUT2D eigenvalue weighted by Crippen LogP contribution is -2.46. The van der Waals surface area contributed by atoms with Crippen molar-refractivity contribution in [1.82, 2.24) is 9.62 Å². The van der Waals surface area contributed by atoms with Crippen molar-refractivity contribution in [2.24, 2.45) is 5.92 Å². The molecule has 0 unspecified atom stereocenters. The summed E-state index contributed by atoms with van der Waals surface area (Å²) < 4.78 is 30.8. The monoisotopic (exact) mass is 354 g/mol. The molecular formula is C17H26N2O4S. The van der Waals surface area contributed by atoms with Crippen molar-refractivity contribution in [1.29, 1.82) is 0 Å². The predicted molar refractivity (Wildman–Crippen MR) is 93.3 cm³/mol. The molecule has 1 aromatic rings. The molecule has 1 aromatic carbocycles. The number of hydrogen-bond donors (Lipinski definition) is 1. The normalized spacial score (nSPS) is 20.4. The second kappa shape index (κ2) is 7.98. The van der Waals surface area contributed by atoms with Crippen LogP contribution in [0.25, 0.3) is 0 Å². The third-order valence-corrected chi connectivity index (χ3v) is 6.33. The van der Waals surface area contributed by atoms with Crippen molar-refractivity contribution in [3.63, 3.8) is 0 Å². The van der Waals surface area contributed by atoms with Gasteiger partial charge in [0.25, 0.3) is 0 Å². The highest BCUT2D eigenvalue weighted by molar-refractivity contribution is 7.89. The Bertz CT molecular complexity index is 675. The van der Waals surface area contributed by atoms with E-state index in [1.165, 1.54) is 4.31 Å². The molecule has 0 spiro atoms. The average Bonchev–Trinajstić information content (AvgIpc) is 2.61. The number of methoxy groups -OCH3 is 1. The number of rotatable bonds is 6. The highest BCUT2D eigenvalue weighted by atomic mass is 32.2. The summed E-state index contributed by atoms with van der Waals surface area (Å²) in [5, 5.41) is 2.99. The van der Waals surface area contributed by atoms with E-state index in [0.29, 0.717) is 19.4 Å². The molecule has 1 fully saturated rings. The SMILES string of the molecule is CCS(=O)(=O)N1CCC[C@H](C(=O)N[C@H](C)c2ccccc2OC)C1. The molecule has 6 nitrogen and oxygen atoms in total. The number of piperidine rings is 1. The van der Waals surface area contributed by atoms with Crippen LogP contribution in [0.4, 0.5) is 0 Å². The number of carbonyl (C=O) groups is 1. The summed E-state index contributed by atoms with van der Waals surface area (Å²) in [5.41, 5.74) is 0.905. The van der Waals surface area contributed by atoms with Crippen LogP contribution in [-0.2, 0) is 14.8 Å². The summed E-state index contributed by atoms with van der Waals surface area (Å²) in [4.78, 5) is 12.6. The van der Waals surface area contributed by atoms with Crippen molar-refractivity contribution >= 4 is 15.9 Å². The Labute approximate surface area is 144 Å². The Hall–Kier alpha value is -1.60. The number of hydrogen-bond acceptors (Lipinski definition) is 4. The van der Waals surface area contributed by atoms with E-state index in [-0.39, 0.29) is 30.2 Å². The van der Waals surface area contributed by atoms with E-state index in [2.05, 4.69) is 5.32 Å². The van der Waals surface area contributed by atoms with E-state index in [0.717, 1.165) is 11.3 Å². The zero-order valence-electron chi connectivity index (χ0n) is 14.5. The second-order valence-corrected chi connectivity index (χ2v) is 8.33. The lowest BCUT2D eigenvalue weighted by molar-refractivity contribution is -0.126. The van der Waals surface area contributed by atoms with Crippen molar-refractivity contribution < 1.29 is 17.9 Å². The summed E-state index contributed by atoms with van der Waals surface area (Å²) in [5.74, 6) is 0.379. The van der Waals surface area contributed by atoms with Gasteiger partial charge < -0.3 is 10.1 Å². The Morgan fingerprint density at radius 2 is 2.12 bits per heavy atom. The molecule has 2 rings (SSSR count). The number of ether oxygens (including phenoxy) is 1. The molecule has 0 aliphatic carbocycles. The molecule has 1 aliphatic heterocycles. The van der Waals surface area contributed by atoms with E-state index in [1.807, 2.05) is 31.2 Å². The summed E-state index contributed by atoms with van der Waals surface area (Å²) in [6.07, 6.45) is 1.42. The minimum Gasteiger partial charge on any atom is -0.496 e. The number of carbonyl (C=O) groups excluding carboxylic acids is 1. The van der Waals surface area contributed by atoms with Gasteiger partial charge in [0, 0.05) is 18.7 Å². The molecule has 7 heteroatoms. The standard InChI is InChI=1S/C17H26N2O4S/c1-4-24(21,22)19-11-7-8-14(12-19)17(20)18-13(2)15-9-5-6-10-16(15)23-3/h5-6,9-10,13-14H,4,7-8,11-12H2,1-3H3,(H,18,20)/t13-,14+/m1/s1. The van der Waals surface area contributed by atoms with Crippen molar-refractivity contribution in [3.8, 4) is 5.75 Å². The quantitative estimate of drug-likeness (QED) is 0.847. The molecule has 2 atom stereocenters. The maximum absolute atomic E-state index is 12.6.